The van der Waals surface area contributed by atoms with Gasteiger partial charge in [0.25, 0.3) is 0 Å². The Morgan fingerprint density at radius 2 is 0.705 bits per heavy atom. The number of hydrogen-bond acceptors (Lipinski definition) is 6. The zero-order valence-electron chi connectivity index (χ0n) is 39.9. The molecular formula is C55H94O6. The van der Waals surface area contributed by atoms with Gasteiger partial charge in [0, 0.05) is 19.3 Å². The summed E-state index contributed by atoms with van der Waals surface area (Å²) in [6.45, 7) is 6.43. The Kier molecular flexibility index (Phi) is 46.9. The number of esters is 3. The van der Waals surface area contributed by atoms with E-state index in [0.717, 1.165) is 96.3 Å². The lowest BCUT2D eigenvalue weighted by Gasteiger charge is -2.18. The van der Waals surface area contributed by atoms with Crippen LogP contribution in [0.1, 0.15) is 239 Å². The van der Waals surface area contributed by atoms with Crippen LogP contribution in [0.3, 0.4) is 0 Å². The Bertz CT molecular complexity index is 1160. The van der Waals surface area contributed by atoms with Crippen LogP contribution in [0, 0.1) is 0 Å². The zero-order valence-corrected chi connectivity index (χ0v) is 39.9. The van der Waals surface area contributed by atoms with Gasteiger partial charge in [-0.1, -0.05) is 222 Å². The average Bonchev–Trinajstić information content (AvgIpc) is 3.26. The molecule has 0 fully saturated rings. The second kappa shape index (κ2) is 49.5. The highest BCUT2D eigenvalue weighted by Gasteiger charge is 2.19. The van der Waals surface area contributed by atoms with Crippen LogP contribution in [0.15, 0.2) is 72.9 Å². The third kappa shape index (κ3) is 47.7. The Morgan fingerprint density at radius 1 is 0.361 bits per heavy atom. The van der Waals surface area contributed by atoms with Gasteiger partial charge in [-0.2, -0.15) is 0 Å². The van der Waals surface area contributed by atoms with Gasteiger partial charge >= 0.3 is 17.9 Å². The van der Waals surface area contributed by atoms with E-state index in [1.165, 1.54) is 103 Å². The summed E-state index contributed by atoms with van der Waals surface area (Å²) in [5, 5.41) is 0. The van der Waals surface area contributed by atoms with Crippen molar-refractivity contribution in [3.63, 3.8) is 0 Å². The number of ether oxygens (including phenoxy) is 3. The molecule has 0 saturated heterocycles. The molecule has 1 unspecified atom stereocenters. The maximum absolute atomic E-state index is 12.8. The summed E-state index contributed by atoms with van der Waals surface area (Å²) in [7, 11) is 0. The van der Waals surface area contributed by atoms with Gasteiger partial charge in [0.1, 0.15) is 13.2 Å². The van der Waals surface area contributed by atoms with E-state index in [1.54, 1.807) is 0 Å². The first-order valence-electron chi connectivity index (χ1n) is 25.5. The van der Waals surface area contributed by atoms with Crippen LogP contribution in [-0.4, -0.2) is 37.2 Å². The van der Waals surface area contributed by atoms with Crippen molar-refractivity contribution in [3.8, 4) is 0 Å². The molecule has 0 bridgehead atoms. The predicted octanol–water partition coefficient (Wildman–Crippen LogP) is 16.6. The van der Waals surface area contributed by atoms with Crippen molar-refractivity contribution >= 4 is 17.9 Å². The molecule has 350 valence electrons. The first-order valence-corrected chi connectivity index (χ1v) is 25.5. The molecule has 0 aliphatic heterocycles. The van der Waals surface area contributed by atoms with E-state index in [4.69, 9.17) is 14.2 Å². The lowest BCUT2D eigenvalue weighted by atomic mass is 10.0. The molecule has 0 heterocycles. The Balaban J connectivity index is 4.38. The number of allylic oxidation sites excluding steroid dienone is 12. The number of unbranched alkanes of at least 4 members (excludes halogenated alkanes) is 25. The van der Waals surface area contributed by atoms with Crippen molar-refractivity contribution in [2.24, 2.45) is 0 Å². The second-order valence-corrected chi connectivity index (χ2v) is 16.8. The fraction of sp³-hybridized carbons (Fsp3) is 0.727. The van der Waals surface area contributed by atoms with Crippen LogP contribution in [0.2, 0.25) is 0 Å². The summed E-state index contributed by atoms with van der Waals surface area (Å²) in [5.74, 6) is -0.952. The van der Waals surface area contributed by atoms with Gasteiger partial charge in [0.15, 0.2) is 6.10 Å². The first kappa shape index (κ1) is 57.9. The van der Waals surface area contributed by atoms with Crippen molar-refractivity contribution in [1.29, 1.82) is 0 Å². The van der Waals surface area contributed by atoms with Crippen LogP contribution >= 0.6 is 0 Å². The summed E-state index contributed by atoms with van der Waals surface area (Å²) in [4.78, 5) is 37.9. The van der Waals surface area contributed by atoms with Crippen LogP contribution < -0.4 is 0 Å². The summed E-state index contributed by atoms with van der Waals surface area (Å²) in [6, 6.07) is 0. The zero-order chi connectivity index (χ0) is 44.4. The van der Waals surface area contributed by atoms with Gasteiger partial charge in [-0.3, -0.25) is 14.4 Å². The van der Waals surface area contributed by atoms with E-state index in [0.29, 0.717) is 19.3 Å². The minimum absolute atomic E-state index is 0.0968. The molecule has 0 aromatic heterocycles. The largest absolute Gasteiger partial charge is 0.462 e. The summed E-state index contributed by atoms with van der Waals surface area (Å²) >= 11 is 0. The van der Waals surface area contributed by atoms with E-state index in [9.17, 15) is 14.4 Å². The molecule has 0 radical (unpaired) electrons. The molecule has 61 heavy (non-hydrogen) atoms. The lowest BCUT2D eigenvalue weighted by molar-refractivity contribution is -0.167. The fourth-order valence-electron chi connectivity index (χ4n) is 6.96. The van der Waals surface area contributed by atoms with Gasteiger partial charge in [-0.25, -0.2) is 0 Å². The Labute approximate surface area is 376 Å². The minimum Gasteiger partial charge on any atom is -0.462 e. The van der Waals surface area contributed by atoms with Crippen LogP contribution in [0.5, 0.6) is 0 Å². The maximum atomic E-state index is 12.8. The number of hydrogen-bond donors (Lipinski definition) is 0. The van der Waals surface area contributed by atoms with Crippen molar-refractivity contribution in [3.05, 3.63) is 72.9 Å². The first-order chi connectivity index (χ1) is 30.0. The van der Waals surface area contributed by atoms with Crippen LogP contribution in [0.4, 0.5) is 0 Å². The SMILES string of the molecule is CC/C=C\C/C=C\CCCCC(=O)OCC(COC(=O)CCCCCCC\C=C/C=C\C=C/C=C\CCCCC)OC(=O)CCCCCCCCCCCCCCCCCC. The Morgan fingerprint density at radius 3 is 1.20 bits per heavy atom. The molecule has 1 atom stereocenters. The van der Waals surface area contributed by atoms with Gasteiger partial charge in [-0.15, -0.1) is 0 Å². The highest BCUT2D eigenvalue weighted by Crippen LogP contribution is 2.15. The highest BCUT2D eigenvalue weighted by molar-refractivity contribution is 5.71. The molecule has 0 aliphatic carbocycles. The normalized spacial score (nSPS) is 12.6. The maximum Gasteiger partial charge on any atom is 0.306 e. The topological polar surface area (TPSA) is 78.9 Å². The molecule has 0 aromatic rings. The van der Waals surface area contributed by atoms with Crippen molar-refractivity contribution in [1.82, 2.24) is 0 Å². The second-order valence-electron chi connectivity index (χ2n) is 16.8. The van der Waals surface area contributed by atoms with Gasteiger partial charge in [0.05, 0.1) is 0 Å². The smallest absolute Gasteiger partial charge is 0.306 e. The molecule has 0 aromatic carbocycles. The summed E-state index contributed by atoms with van der Waals surface area (Å²) in [5.41, 5.74) is 0. The van der Waals surface area contributed by atoms with Gasteiger partial charge in [-0.05, 0) is 70.6 Å². The summed E-state index contributed by atoms with van der Waals surface area (Å²) < 4.78 is 16.7. The molecule has 6 heteroatoms. The number of carbonyl (C=O) groups excluding carboxylic acids is 3. The van der Waals surface area contributed by atoms with E-state index in [1.807, 2.05) is 0 Å². The third-order valence-corrected chi connectivity index (χ3v) is 10.8. The molecule has 0 spiro atoms. The van der Waals surface area contributed by atoms with E-state index >= 15 is 0 Å². The predicted molar refractivity (Wildman–Crippen MR) is 261 cm³/mol. The molecular weight excluding hydrogens is 757 g/mol. The summed E-state index contributed by atoms with van der Waals surface area (Å²) in [6.07, 6.45) is 61.8. The highest BCUT2D eigenvalue weighted by atomic mass is 16.6. The van der Waals surface area contributed by atoms with E-state index in [2.05, 4.69) is 93.7 Å². The van der Waals surface area contributed by atoms with Crippen molar-refractivity contribution < 1.29 is 28.6 Å². The fourth-order valence-corrected chi connectivity index (χ4v) is 6.96. The molecule has 6 nitrogen and oxygen atoms in total. The molecule has 0 amide bonds. The monoisotopic (exact) mass is 851 g/mol. The number of carbonyl (C=O) groups is 3. The van der Waals surface area contributed by atoms with Crippen LogP contribution in [0.25, 0.3) is 0 Å². The quantitative estimate of drug-likeness (QED) is 0.0200. The van der Waals surface area contributed by atoms with Crippen molar-refractivity contribution in [2.45, 2.75) is 245 Å². The van der Waals surface area contributed by atoms with Gasteiger partial charge < -0.3 is 14.2 Å². The Hall–Kier alpha value is -3.15. The molecule has 0 aliphatic rings. The van der Waals surface area contributed by atoms with Crippen LogP contribution in [-0.2, 0) is 28.6 Å². The minimum atomic E-state index is -0.795. The molecule has 0 rings (SSSR count). The molecule has 0 saturated carbocycles. The van der Waals surface area contributed by atoms with Crippen molar-refractivity contribution in [2.75, 3.05) is 13.2 Å². The van der Waals surface area contributed by atoms with E-state index in [-0.39, 0.29) is 31.1 Å². The van der Waals surface area contributed by atoms with E-state index < -0.39 is 6.10 Å². The standard InChI is InChI=1S/C55H94O6/c1-4-7-10-13-16-19-21-23-25-27-28-30-31-33-36-39-42-45-48-54(57)60-51-52(50-59-53(56)47-44-41-38-35-18-15-12-9-6-3)61-55(58)49-46-43-40-37-34-32-29-26-24-22-20-17-14-11-8-5-2/h9,12,16,18-19,21,23,25,27-28,30,35,52H,4-8,10-11,13-15,17,20,22,24,26,29,31-34,36-51H2,1-3H3/b12-9-,19-16-,23-21-,27-25-,30-28-,35-18-. The van der Waals surface area contributed by atoms with Gasteiger partial charge in [0.2, 0.25) is 0 Å². The average molecular weight is 851 g/mol. The third-order valence-electron chi connectivity index (χ3n) is 10.8. The number of rotatable bonds is 45. The lowest BCUT2D eigenvalue weighted by Crippen LogP contribution is -2.30. The molecule has 0 N–H and O–H groups in total.